The largest absolute Gasteiger partial charge is 0.496 e. The summed E-state index contributed by atoms with van der Waals surface area (Å²) in [7, 11) is 1.53. The number of ether oxygens (including phenoxy) is 1. The predicted molar refractivity (Wildman–Crippen MR) is 70.2 cm³/mol. The molecule has 1 aromatic heterocycles. The molecule has 0 amide bonds. The Morgan fingerprint density at radius 3 is 2.67 bits per heavy atom. The van der Waals surface area contributed by atoms with Crippen molar-refractivity contribution in [1.82, 2.24) is 0 Å². The van der Waals surface area contributed by atoms with Gasteiger partial charge in [0.25, 0.3) is 0 Å². The van der Waals surface area contributed by atoms with E-state index in [9.17, 15) is 9.90 Å². The lowest BCUT2D eigenvalue weighted by molar-refractivity contribution is 0.0388. The van der Waals surface area contributed by atoms with Crippen LogP contribution in [0.2, 0.25) is 0 Å². The highest BCUT2D eigenvalue weighted by Crippen LogP contribution is 2.29. The number of rotatable bonds is 5. The Balaban J connectivity index is 3.03. The molecule has 0 aliphatic carbocycles. The van der Waals surface area contributed by atoms with Crippen LogP contribution in [0.5, 0.6) is 5.75 Å². The topological polar surface area (TPSA) is 59.7 Å². The summed E-state index contributed by atoms with van der Waals surface area (Å²) < 4.78 is 10.4. The van der Waals surface area contributed by atoms with Crippen molar-refractivity contribution in [3.8, 4) is 5.75 Å². The van der Waals surface area contributed by atoms with Crippen LogP contribution in [0.4, 0.5) is 0 Å². The summed E-state index contributed by atoms with van der Waals surface area (Å²) >= 11 is 0. The van der Waals surface area contributed by atoms with Gasteiger partial charge in [-0.2, -0.15) is 0 Å². The Morgan fingerprint density at radius 1 is 1.56 bits per heavy atom. The van der Waals surface area contributed by atoms with Crippen molar-refractivity contribution in [3.05, 3.63) is 27.8 Å². The summed E-state index contributed by atoms with van der Waals surface area (Å²) in [5.74, 6) is 1.04. The first-order chi connectivity index (χ1) is 8.30. The van der Waals surface area contributed by atoms with Crippen LogP contribution in [-0.2, 0) is 0 Å². The maximum atomic E-state index is 11.6. The van der Waals surface area contributed by atoms with Gasteiger partial charge in [0.2, 0.25) is 0 Å². The summed E-state index contributed by atoms with van der Waals surface area (Å²) in [5, 5.41) is 10.1. The summed E-state index contributed by atoms with van der Waals surface area (Å²) in [6, 6.07) is 1.73. The van der Waals surface area contributed by atoms with Crippen LogP contribution in [0.25, 0.3) is 0 Å². The molecular weight excluding hydrogens is 232 g/mol. The fourth-order valence-corrected chi connectivity index (χ4v) is 1.91. The van der Waals surface area contributed by atoms with E-state index in [1.807, 2.05) is 13.8 Å². The minimum absolute atomic E-state index is 0.0397. The molecule has 0 spiro atoms. The average Bonchev–Trinajstić information content (AvgIpc) is 2.31. The Kier molecular flexibility index (Phi) is 4.57. The quantitative estimate of drug-likeness (QED) is 0.877. The monoisotopic (exact) mass is 254 g/mol. The molecule has 0 bridgehead atoms. The minimum atomic E-state index is -0.754. The van der Waals surface area contributed by atoms with Crippen LogP contribution in [0, 0.1) is 6.92 Å². The molecule has 0 aliphatic rings. The Hall–Kier alpha value is -1.29. The second kappa shape index (κ2) is 5.57. The van der Waals surface area contributed by atoms with Gasteiger partial charge in [0, 0.05) is 12.0 Å². The van der Waals surface area contributed by atoms with E-state index >= 15 is 0 Å². The third-order valence-electron chi connectivity index (χ3n) is 3.37. The maximum Gasteiger partial charge on any atom is 0.342 e. The molecule has 0 saturated heterocycles. The summed E-state index contributed by atoms with van der Waals surface area (Å²) in [4.78, 5) is 11.6. The molecule has 0 fully saturated rings. The first-order valence-corrected chi connectivity index (χ1v) is 6.21. The number of hydrogen-bond donors (Lipinski definition) is 1. The lowest BCUT2D eigenvalue weighted by Crippen LogP contribution is -2.25. The van der Waals surface area contributed by atoms with Gasteiger partial charge < -0.3 is 14.3 Å². The van der Waals surface area contributed by atoms with E-state index in [4.69, 9.17) is 9.15 Å². The fraction of sp³-hybridized carbons (Fsp3) is 0.643. The van der Waals surface area contributed by atoms with E-state index in [-0.39, 0.29) is 11.5 Å². The molecular formula is C14H22O4. The first-order valence-electron chi connectivity index (χ1n) is 6.21. The smallest absolute Gasteiger partial charge is 0.342 e. The van der Waals surface area contributed by atoms with Gasteiger partial charge in [-0.3, -0.25) is 0 Å². The molecule has 1 heterocycles. The molecule has 1 rings (SSSR count). The third kappa shape index (κ3) is 3.35. The Morgan fingerprint density at radius 2 is 2.17 bits per heavy atom. The summed E-state index contributed by atoms with van der Waals surface area (Å²) in [5.41, 5.74) is -0.668. The molecule has 4 nitrogen and oxygen atoms in total. The highest BCUT2D eigenvalue weighted by molar-refractivity contribution is 5.31. The SMILES string of the molecule is CC[C@@](C)(O)C[C@H](C)c1cc(OC)c(C)c(=O)o1. The molecule has 1 aromatic rings. The van der Waals surface area contributed by atoms with Crippen LogP contribution in [-0.4, -0.2) is 17.8 Å². The average molecular weight is 254 g/mol. The Bertz CT molecular complexity index is 459. The number of aliphatic hydroxyl groups is 1. The van der Waals surface area contributed by atoms with Crippen LogP contribution < -0.4 is 10.4 Å². The molecule has 0 saturated carbocycles. The molecule has 102 valence electrons. The molecule has 0 radical (unpaired) electrons. The zero-order chi connectivity index (χ0) is 13.9. The van der Waals surface area contributed by atoms with Crippen LogP contribution in [0.15, 0.2) is 15.3 Å². The summed E-state index contributed by atoms with van der Waals surface area (Å²) in [6.07, 6.45) is 1.20. The van der Waals surface area contributed by atoms with Crippen molar-refractivity contribution in [2.75, 3.05) is 7.11 Å². The van der Waals surface area contributed by atoms with Gasteiger partial charge in [-0.15, -0.1) is 0 Å². The van der Waals surface area contributed by atoms with Crippen LogP contribution in [0.3, 0.4) is 0 Å². The molecule has 4 heteroatoms. The highest BCUT2D eigenvalue weighted by atomic mass is 16.5. The molecule has 1 N–H and O–H groups in total. The highest BCUT2D eigenvalue weighted by Gasteiger charge is 2.24. The van der Waals surface area contributed by atoms with Crippen molar-refractivity contribution >= 4 is 0 Å². The van der Waals surface area contributed by atoms with E-state index in [1.54, 1.807) is 19.9 Å². The second-order valence-electron chi connectivity index (χ2n) is 5.09. The van der Waals surface area contributed by atoms with E-state index in [2.05, 4.69) is 0 Å². The summed E-state index contributed by atoms with van der Waals surface area (Å²) in [6.45, 7) is 7.31. The molecule has 0 unspecified atom stereocenters. The van der Waals surface area contributed by atoms with Crippen LogP contribution in [0.1, 0.15) is 50.9 Å². The minimum Gasteiger partial charge on any atom is -0.496 e. The van der Waals surface area contributed by atoms with Crippen molar-refractivity contribution < 1.29 is 14.3 Å². The van der Waals surface area contributed by atoms with E-state index in [0.717, 1.165) is 0 Å². The van der Waals surface area contributed by atoms with Gasteiger partial charge >= 0.3 is 5.63 Å². The molecule has 18 heavy (non-hydrogen) atoms. The van der Waals surface area contributed by atoms with Crippen molar-refractivity contribution in [3.63, 3.8) is 0 Å². The first kappa shape index (κ1) is 14.8. The fourth-order valence-electron chi connectivity index (χ4n) is 1.91. The lowest BCUT2D eigenvalue weighted by atomic mass is 9.89. The van der Waals surface area contributed by atoms with Crippen molar-refractivity contribution in [2.45, 2.75) is 52.1 Å². The van der Waals surface area contributed by atoms with E-state index < -0.39 is 5.60 Å². The van der Waals surface area contributed by atoms with Gasteiger partial charge in [0.1, 0.15) is 11.5 Å². The molecule has 2 atom stereocenters. The zero-order valence-corrected chi connectivity index (χ0v) is 11.7. The van der Waals surface area contributed by atoms with E-state index in [1.165, 1.54) is 7.11 Å². The third-order valence-corrected chi connectivity index (χ3v) is 3.37. The van der Waals surface area contributed by atoms with Gasteiger partial charge in [0.05, 0.1) is 18.3 Å². The van der Waals surface area contributed by atoms with E-state index in [0.29, 0.717) is 29.9 Å². The standard InChI is InChI=1S/C14H22O4/c1-6-14(4,16)8-9(2)11-7-12(17-5)10(3)13(15)18-11/h7,9,16H,6,8H2,1-5H3/t9-,14+/m0/s1. The van der Waals surface area contributed by atoms with Gasteiger partial charge in [-0.25, -0.2) is 4.79 Å². The Labute approximate surface area is 108 Å². The molecule has 0 aliphatic heterocycles. The maximum absolute atomic E-state index is 11.6. The second-order valence-corrected chi connectivity index (χ2v) is 5.09. The van der Waals surface area contributed by atoms with Gasteiger partial charge in [0.15, 0.2) is 0 Å². The molecule has 0 aromatic carbocycles. The van der Waals surface area contributed by atoms with Crippen LogP contribution >= 0.6 is 0 Å². The van der Waals surface area contributed by atoms with Gasteiger partial charge in [-0.05, 0) is 26.7 Å². The number of hydrogen-bond acceptors (Lipinski definition) is 4. The van der Waals surface area contributed by atoms with Crippen molar-refractivity contribution in [2.24, 2.45) is 0 Å². The normalized spacial score (nSPS) is 16.1. The zero-order valence-electron chi connectivity index (χ0n) is 11.7. The number of methoxy groups -OCH3 is 1. The predicted octanol–water partition coefficient (Wildman–Crippen LogP) is 2.61. The van der Waals surface area contributed by atoms with Gasteiger partial charge in [-0.1, -0.05) is 13.8 Å². The lowest BCUT2D eigenvalue weighted by Gasteiger charge is -2.24. The van der Waals surface area contributed by atoms with Crippen molar-refractivity contribution in [1.29, 1.82) is 0 Å².